The molecule has 5 aliphatic carbocycles. The highest BCUT2D eigenvalue weighted by Crippen LogP contribution is 2.69. The van der Waals surface area contributed by atoms with Crippen LogP contribution in [0.25, 0.3) is 0 Å². The molecule has 166 valence electrons. The van der Waals surface area contributed by atoms with Gasteiger partial charge in [0.05, 0.1) is 8.07 Å². The first-order valence-corrected chi connectivity index (χ1v) is 17.2. The summed E-state index contributed by atoms with van der Waals surface area (Å²) in [5.74, 6) is 8.95. The van der Waals surface area contributed by atoms with Crippen molar-refractivity contribution in [1.29, 1.82) is 0 Å². The summed E-state index contributed by atoms with van der Waals surface area (Å²) in [6, 6.07) is 0. The maximum absolute atomic E-state index is 2.95. The minimum Gasteiger partial charge on any atom is -0.0689 e. The van der Waals surface area contributed by atoms with E-state index in [2.05, 4.69) is 26.9 Å². The summed E-state index contributed by atoms with van der Waals surface area (Å²) in [5, 5.41) is 0. The molecule has 0 heterocycles. The zero-order valence-corrected chi connectivity index (χ0v) is 21.2. The normalized spacial score (nSPS) is 50.1. The van der Waals surface area contributed by atoms with Gasteiger partial charge in [-0.3, -0.25) is 0 Å². The van der Waals surface area contributed by atoms with Gasteiger partial charge < -0.3 is 0 Å². The number of rotatable bonds is 4. The number of fused-ring (bicyclic) bond motifs is 4. The van der Waals surface area contributed by atoms with Gasteiger partial charge in [-0.2, -0.15) is 0 Å². The highest BCUT2D eigenvalue weighted by molar-refractivity contribution is 6.80. The minimum absolute atomic E-state index is 1.04. The van der Waals surface area contributed by atoms with Crippen LogP contribution in [0.2, 0.25) is 24.2 Å². The third-order valence-corrected chi connectivity index (χ3v) is 16.9. The maximum Gasteiger partial charge on any atom is 0.0547 e. The van der Waals surface area contributed by atoms with Crippen molar-refractivity contribution in [3.8, 4) is 0 Å². The van der Waals surface area contributed by atoms with Crippen LogP contribution in [0.3, 0.4) is 0 Å². The van der Waals surface area contributed by atoms with Crippen molar-refractivity contribution in [2.24, 2.45) is 47.3 Å². The topological polar surface area (TPSA) is 0 Å². The van der Waals surface area contributed by atoms with Gasteiger partial charge in [0.2, 0.25) is 0 Å². The van der Waals surface area contributed by atoms with E-state index in [1.54, 1.807) is 77.0 Å². The van der Waals surface area contributed by atoms with Crippen LogP contribution in [0.5, 0.6) is 0 Å². The molecule has 5 fully saturated rings. The van der Waals surface area contributed by atoms with E-state index in [0.717, 1.165) is 52.9 Å². The second kappa shape index (κ2) is 8.29. The van der Waals surface area contributed by atoms with Crippen LogP contribution < -0.4 is 0 Å². The van der Waals surface area contributed by atoms with Crippen molar-refractivity contribution >= 4 is 8.07 Å². The molecule has 5 aliphatic rings. The summed E-state index contributed by atoms with van der Waals surface area (Å²) in [4.78, 5) is 0. The number of hydrogen-bond acceptors (Lipinski definition) is 0. The molecule has 0 aromatic rings. The lowest BCUT2D eigenvalue weighted by atomic mass is 9.73. The molecule has 0 aromatic heterocycles. The lowest BCUT2D eigenvalue weighted by Gasteiger charge is -2.48. The van der Waals surface area contributed by atoms with E-state index in [4.69, 9.17) is 0 Å². The highest BCUT2D eigenvalue weighted by Gasteiger charge is 2.62. The molecule has 0 N–H and O–H groups in total. The molecule has 5 rings (SSSR count). The van der Waals surface area contributed by atoms with Gasteiger partial charge in [0, 0.05) is 0 Å². The summed E-state index contributed by atoms with van der Waals surface area (Å²) >= 11 is 0. The smallest absolute Gasteiger partial charge is 0.0547 e. The van der Waals surface area contributed by atoms with E-state index in [1.165, 1.54) is 18.4 Å². The first-order chi connectivity index (χ1) is 14.1. The van der Waals surface area contributed by atoms with Gasteiger partial charge in [-0.05, 0) is 77.7 Å². The largest absolute Gasteiger partial charge is 0.0689 e. The Morgan fingerprint density at radius 2 is 1.00 bits per heavy atom. The zero-order chi connectivity index (χ0) is 20.2. The van der Waals surface area contributed by atoms with Crippen LogP contribution in [0.15, 0.2) is 0 Å². The molecule has 0 radical (unpaired) electrons. The maximum atomic E-state index is 2.95. The Morgan fingerprint density at radius 1 is 0.586 bits per heavy atom. The molecular formula is C28H50Si. The molecule has 29 heavy (non-hydrogen) atoms. The van der Waals surface area contributed by atoms with Gasteiger partial charge in [0.1, 0.15) is 0 Å². The zero-order valence-electron chi connectivity index (χ0n) is 20.2. The molecule has 0 aromatic carbocycles. The quantitative estimate of drug-likeness (QED) is 0.403. The van der Waals surface area contributed by atoms with Crippen molar-refractivity contribution in [2.45, 2.75) is 128 Å². The van der Waals surface area contributed by atoms with Crippen molar-refractivity contribution in [1.82, 2.24) is 0 Å². The minimum atomic E-state index is -1.30. The van der Waals surface area contributed by atoms with Crippen LogP contribution in [-0.4, -0.2) is 8.07 Å². The molecule has 0 nitrogen and oxygen atoms in total. The third kappa shape index (κ3) is 3.34. The van der Waals surface area contributed by atoms with Crippen molar-refractivity contribution in [2.75, 3.05) is 0 Å². The summed E-state index contributed by atoms with van der Waals surface area (Å²) < 4.78 is 0. The fourth-order valence-electron chi connectivity index (χ4n) is 11.2. The van der Waals surface area contributed by atoms with E-state index in [0.29, 0.717) is 0 Å². The molecule has 9 atom stereocenters. The molecule has 0 bridgehead atoms. The fourth-order valence-corrected chi connectivity index (χ4v) is 17.8. The molecule has 0 amide bonds. The van der Waals surface area contributed by atoms with E-state index >= 15 is 0 Å². The van der Waals surface area contributed by atoms with Crippen LogP contribution >= 0.6 is 0 Å². The Balaban J connectivity index is 1.48. The van der Waals surface area contributed by atoms with Crippen LogP contribution in [0.1, 0.15) is 104 Å². The van der Waals surface area contributed by atoms with E-state index in [1.807, 2.05) is 0 Å². The van der Waals surface area contributed by atoms with E-state index in [9.17, 15) is 0 Å². The average molecular weight is 415 g/mol. The molecule has 0 aliphatic heterocycles. The first-order valence-electron chi connectivity index (χ1n) is 14.1. The van der Waals surface area contributed by atoms with Gasteiger partial charge in [-0.15, -0.1) is 0 Å². The Bertz CT molecular complexity index is 543. The lowest BCUT2D eigenvalue weighted by molar-refractivity contribution is 0.184. The summed E-state index contributed by atoms with van der Waals surface area (Å²) in [5.41, 5.74) is 2.34. The molecule has 5 saturated carbocycles. The van der Waals surface area contributed by atoms with Gasteiger partial charge in [0.25, 0.3) is 0 Å². The van der Waals surface area contributed by atoms with Gasteiger partial charge in [0.15, 0.2) is 0 Å². The summed E-state index contributed by atoms with van der Waals surface area (Å²) in [6.45, 7) is 11.1. The molecule has 9 unspecified atom stereocenters. The second-order valence-corrected chi connectivity index (χ2v) is 18.0. The number of hydrogen-bond donors (Lipinski definition) is 0. The Morgan fingerprint density at radius 3 is 1.48 bits per heavy atom. The Labute approximate surface area is 183 Å². The van der Waals surface area contributed by atoms with Crippen molar-refractivity contribution in [3.05, 3.63) is 0 Å². The fraction of sp³-hybridized carbons (Fsp3) is 1.00. The van der Waals surface area contributed by atoms with Gasteiger partial charge in [-0.25, -0.2) is 0 Å². The van der Waals surface area contributed by atoms with E-state index in [-0.39, 0.29) is 0 Å². The lowest BCUT2D eigenvalue weighted by Crippen LogP contribution is -2.47. The average Bonchev–Trinajstić information content (AvgIpc) is 3.22. The molecule has 0 spiro atoms. The predicted octanol–water partition coefficient (Wildman–Crippen LogP) is 8.93. The SMILES string of the molecule is CCCC1C(C)C([Si](C)(C)C2C3CCCCC3C3CCCCC32)C2CCCCC12. The summed E-state index contributed by atoms with van der Waals surface area (Å²) in [6.07, 6.45) is 21.9. The Hall–Kier alpha value is 0.217. The monoisotopic (exact) mass is 414 g/mol. The highest BCUT2D eigenvalue weighted by atomic mass is 28.3. The predicted molar refractivity (Wildman–Crippen MR) is 129 cm³/mol. The molecule has 0 saturated heterocycles. The van der Waals surface area contributed by atoms with Gasteiger partial charge >= 0.3 is 0 Å². The third-order valence-electron chi connectivity index (χ3n) is 11.7. The summed E-state index contributed by atoms with van der Waals surface area (Å²) in [7, 11) is -1.30. The van der Waals surface area contributed by atoms with Crippen LogP contribution in [0.4, 0.5) is 0 Å². The van der Waals surface area contributed by atoms with E-state index < -0.39 is 8.07 Å². The molecule has 1 heteroatoms. The van der Waals surface area contributed by atoms with Gasteiger partial charge in [-0.1, -0.05) is 97.6 Å². The standard InChI is InChI=1S/C28H50Si/c1-5-12-20-19(2)27(24-16-9-6-13-21(20)24)29(3,4)28-25-17-10-7-14-22(25)23-15-8-11-18-26(23)28/h19-28H,5-18H2,1-4H3. The van der Waals surface area contributed by atoms with Crippen LogP contribution in [0, 0.1) is 47.3 Å². The second-order valence-electron chi connectivity index (χ2n) is 13.0. The van der Waals surface area contributed by atoms with Crippen molar-refractivity contribution < 1.29 is 0 Å². The Kier molecular flexibility index (Phi) is 6.03. The first kappa shape index (κ1) is 21.1. The van der Waals surface area contributed by atoms with Crippen LogP contribution in [-0.2, 0) is 0 Å². The molecular weight excluding hydrogens is 364 g/mol. The van der Waals surface area contributed by atoms with Crippen molar-refractivity contribution in [3.63, 3.8) is 0 Å².